The van der Waals surface area contributed by atoms with E-state index in [2.05, 4.69) is 21.8 Å². The minimum atomic E-state index is -0.540. The molecule has 1 aliphatic carbocycles. The third kappa shape index (κ3) is 6.74. The van der Waals surface area contributed by atoms with Crippen LogP contribution in [-0.2, 0) is 16.1 Å². The van der Waals surface area contributed by atoms with E-state index in [-0.39, 0.29) is 23.1 Å². The quantitative estimate of drug-likeness (QED) is 0.459. The summed E-state index contributed by atoms with van der Waals surface area (Å²) in [5.41, 5.74) is 3.41. The summed E-state index contributed by atoms with van der Waals surface area (Å²) in [6.45, 7) is 5.04. The highest BCUT2D eigenvalue weighted by Gasteiger charge is 2.42. The molecule has 9 heteroatoms. The Kier molecular flexibility index (Phi) is 9.27. The van der Waals surface area contributed by atoms with Crippen LogP contribution in [0.15, 0.2) is 65.6 Å². The third-order valence-electron chi connectivity index (χ3n) is 8.58. The molecule has 1 saturated carbocycles. The number of amides is 1. The molecule has 0 bridgehead atoms. The third-order valence-corrected chi connectivity index (χ3v) is 8.58. The van der Waals surface area contributed by atoms with Gasteiger partial charge < -0.3 is 19.5 Å². The van der Waals surface area contributed by atoms with Crippen LogP contribution in [-0.4, -0.2) is 78.1 Å². The van der Waals surface area contributed by atoms with Gasteiger partial charge in [0, 0.05) is 67.3 Å². The molecule has 1 atom stereocenters. The number of pyridine rings is 1. The zero-order valence-corrected chi connectivity index (χ0v) is 23.5. The molecule has 6 rings (SSSR count). The van der Waals surface area contributed by atoms with Crippen LogP contribution in [0.2, 0.25) is 0 Å². The largest absolute Gasteiger partial charge is 0.377 e. The number of H-pyrrole nitrogens is 1. The number of benzene rings is 2. The lowest BCUT2D eigenvalue weighted by atomic mass is 9.91. The average molecular weight is 565 g/mol. The molecule has 2 aromatic carbocycles. The number of nitrogens with one attached hydrogen (secondary N) is 1. The van der Waals surface area contributed by atoms with Crippen LogP contribution >= 0.6 is 0 Å². The van der Waals surface area contributed by atoms with Gasteiger partial charge in [-0.1, -0.05) is 43.2 Å². The highest BCUT2D eigenvalue weighted by atomic mass is 19.1. The van der Waals surface area contributed by atoms with Gasteiger partial charge in [0.05, 0.1) is 19.3 Å². The number of hydrogen-bond donors (Lipinski definition) is 1. The Hall–Kier alpha value is -3.40. The molecule has 1 spiro atoms. The van der Waals surface area contributed by atoms with E-state index in [1.165, 1.54) is 30.6 Å². The van der Waals surface area contributed by atoms with Crippen molar-refractivity contribution in [1.82, 2.24) is 19.7 Å². The Balaban J connectivity index is 0.000000182. The molecule has 3 heterocycles. The van der Waals surface area contributed by atoms with Gasteiger partial charge in [0.2, 0.25) is 6.41 Å². The number of morpholine rings is 1. The standard InChI is InChI=1S/C21H27N3O.C11H11F2NO2/c1-23-11-12-24(21(16-23)9-5-6-10-21)15-18-14-22-19(13-20(18)25)17-7-3-2-4-8-17;12-8-1-2-10(13)9(5-8)11-6-16-4-3-14(11)7-15/h2-4,7-8,13-14H,5-6,9-12,15-16H2,1H3,(H,22,25);1-2,5,7,11H,3-4,6H2. The van der Waals surface area contributed by atoms with Crippen LogP contribution < -0.4 is 5.43 Å². The molecule has 3 aliphatic rings. The Morgan fingerprint density at radius 1 is 1.05 bits per heavy atom. The lowest BCUT2D eigenvalue weighted by Gasteiger charge is -2.48. The van der Waals surface area contributed by atoms with Crippen LogP contribution in [0.1, 0.15) is 42.9 Å². The first-order chi connectivity index (χ1) is 19.9. The summed E-state index contributed by atoms with van der Waals surface area (Å²) in [4.78, 5) is 33.3. The highest BCUT2D eigenvalue weighted by molar-refractivity contribution is 5.58. The Morgan fingerprint density at radius 3 is 2.56 bits per heavy atom. The van der Waals surface area contributed by atoms with Gasteiger partial charge in [-0.2, -0.15) is 0 Å². The van der Waals surface area contributed by atoms with Crippen molar-refractivity contribution in [2.24, 2.45) is 0 Å². The summed E-state index contributed by atoms with van der Waals surface area (Å²) in [5, 5.41) is 0. The van der Waals surface area contributed by atoms with Crippen molar-refractivity contribution in [2.45, 2.75) is 43.8 Å². The van der Waals surface area contributed by atoms with Gasteiger partial charge in [0.1, 0.15) is 11.6 Å². The second-order valence-corrected chi connectivity index (χ2v) is 11.3. The predicted molar refractivity (Wildman–Crippen MR) is 154 cm³/mol. The summed E-state index contributed by atoms with van der Waals surface area (Å²) in [7, 11) is 2.22. The number of aromatic nitrogens is 1. The number of aromatic amines is 1. The van der Waals surface area contributed by atoms with Gasteiger partial charge >= 0.3 is 0 Å². The lowest BCUT2D eigenvalue weighted by molar-refractivity contribution is -0.126. The fraction of sp³-hybridized carbons (Fsp3) is 0.438. The van der Waals surface area contributed by atoms with E-state index in [9.17, 15) is 18.4 Å². The first kappa shape index (κ1) is 29.1. The molecule has 1 unspecified atom stereocenters. The topological polar surface area (TPSA) is 68.9 Å². The van der Waals surface area contributed by atoms with Crippen molar-refractivity contribution in [3.8, 4) is 11.3 Å². The molecule has 3 fully saturated rings. The van der Waals surface area contributed by atoms with E-state index >= 15 is 0 Å². The van der Waals surface area contributed by atoms with Crippen molar-refractivity contribution in [1.29, 1.82) is 0 Å². The first-order valence-corrected chi connectivity index (χ1v) is 14.3. The summed E-state index contributed by atoms with van der Waals surface area (Å²) >= 11 is 0. The molecule has 41 heavy (non-hydrogen) atoms. The number of halogens is 2. The van der Waals surface area contributed by atoms with Gasteiger partial charge in [-0.25, -0.2) is 8.78 Å². The molecule has 218 valence electrons. The van der Waals surface area contributed by atoms with Crippen molar-refractivity contribution in [3.05, 3.63) is 93.8 Å². The Labute approximate surface area is 239 Å². The van der Waals surface area contributed by atoms with E-state index in [1.807, 2.05) is 36.5 Å². The highest BCUT2D eigenvalue weighted by Crippen LogP contribution is 2.38. The molecule has 1 aromatic heterocycles. The number of rotatable bonds is 5. The van der Waals surface area contributed by atoms with Crippen LogP contribution in [0.4, 0.5) is 8.78 Å². The number of likely N-dealkylation sites (N-methyl/N-ethyl adjacent to an activating group) is 1. The number of carbonyl (C=O) groups excluding carboxylic acids is 1. The van der Waals surface area contributed by atoms with Gasteiger partial charge in [-0.15, -0.1) is 0 Å². The summed E-state index contributed by atoms with van der Waals surface area (Å²) in [5.74, 6) is -1.04. The van der Waals surface area contributed by atoms with Crippen molar-refractivity contribution in [3.63, 3.8) is 0 Å². The van der Waals surface area contributed by atoms with Gasteiger partial charge in [0.15, 0.2) is 5.43 Å². The maximum atomic E-state index is 13.5. The van der Waals surface area contributed by atoms with E-state index in [1.54, 1.807) is 6.07 Å². The summed E-state index contributed by atoms with van der Waals surface area (Å²) < 4.78 is 31.7. The number of hydrogen-bond acceptors (Lipinski definition) is 5. The molecule has 1 amide bonds. The lowest BCUT2D eigenvalue weighted by Crippen LogP contribution is -2.59. The predicted octanol–water partition coefficient (Wildman–Crippen LogP) is 4.60. The normalized spacial score (nSPS) is 21.0. The zero-order chi connectivity index (χ0) is 28.8. The van der Waals surface area contributed by atoms with Crippen LogP contribution in [0.25, 0.3) is 11.3 Å². The van der Waals surface area contributed by atoms with Crippen molar-refractivity contribution >= 4 is 6.41 Å². The van der Waals surface area contributed by atoms with Gasteiger partial charge in [-0.05, 0) is 43.7 Å². The minimum absolute atomic E-state index is 0.143. The molecule has 1 N–H and O–H groups in total. The molecular weight excluding hydrogens is 526 g/mol. The van der Waals surface area contributed by atoms with Crippen LogP contribution in [0.3, 0.4) is 0 Å². The molecule has 2 saturated heterocycles. The maximum Gasteiger partial charge on any atom is 0.210 e. The maximum absolute atomic E-state index is 13.5. The Bertz CT molecular complexity index is 1380. The fourth-order valence-corrected chi connectivity index (χ4v) is 6.36. The molecule has 7 nitrogen and oxygen atoms in total. The van der Waals surface area contributed by atoms with E-state index in [4.69, 9.17) is 4.74 Å². The second kappa shape index (κ2) is 13.1. The van der Waals surface area contributed by atoms with Crippen molar-refractivity contribution in [2.75, 3.05) is 46.4 Å². The average Bonchev–Trinajstić information content (AvgIpc) is 3.46. The Morgan fingerprint density at radius 2 is 1.83 bits per heavy atom. The molecule has 3 aromatic rings. The molecule has 2 aliphatic heterocycles. The summed E-state index contributed by atoms with van der Waals surface area (Å²) in [6.07, 6.45) is 7.71. The van der Waals surface area contributed by atoms with E-state index in [0.717, 1.165) is 61.2 Å². The second-order valence-electron chi connectivity index (χ2n) is 11.3. The van der Waals surface area contributed by atoms with Crippen LogP contribution in [0, 0.1) is 11.6 Å². The number of carbonyl (C=O) groups is 1. The van der Waals surface area contributed by atoms with Crippen molar-refractivity contribution < 1.29 is 18.3 Å². The monoisotopic (exact) mass is 564 g/mol. The molecule has 0 radical (unpaired) electrons. The minimum Gasteiger partial charge on any atom is -0.377 e. The molecular formula is C32H38F2N4O3. The number of ether oxygens (including phenoxy) is 1. The van der Waals surface area contributed by atoms with E-state index in [0.29, 0.717) is 19.6 Å². The fourth-order valence-electron chi connectivity index (χ4n) is 6.36. The number of nitrogens with zero attached hydrogens (tertiary/aromatic N) is 3. The van der Waals surface area contributed by atoms with Gasteiger partial charge in [-0.3, -0.25) is 14.5 Å². The summed E-state index contributed by atoms with van der Waals surface area (Å²) in [6, 6.07) is 14.5. The zero-order valence-electron chi connectivity index (χ0n) is 23.5. The van der Waals surface area contributed by atoms with Gasteiger partial charge in [0.25, 0.3) is 0 Å². The smallest absolute Gasteiger partial charge is 0.210 e. The SMILES string of the molecule is CN1CCN(Cc2c[nH]c(-c3ccccc3)cc2=O)C2(CCCC2)C1.O=CN1CCOCC1c1cc(F)ccc1F. The number of piperazine rings is 1. The first-order valence-electron chi connectivity index (χ1n) is 14.3. The van der Waals surface area contributed by atoms with E-state index < -0.39 is 17.7 Å². The van der Waals surface area contributed by atoms with Crippen LogP contribution in [0.5, 0.6) is 0 Å².